The second kappa shape index (κ2) is 8.46. The Hall–Kier alpha value is -2.17. The number of thiazole rings is 1. The van der Waals surface area contributed by atoms with Crippen LogP contribution in [-0.2, 0) is 4.79 Å². The fourth-order valence-corrected chi connectivity index (χ4v) is 4.77. The van der Waals surface area contributed by atoms with E-state index in [2.05, 4.69) is 41.9 Å². The fourth-order valence-electron chi connectivity index (χ4n) is 3.81. The van der Waals surface area contributed by atoms with E-state index in [1.165, 1.54) is 5.56 Å². The average molecular weight is 411 g/mol. The van der Waals surface area contributed by atoms with Crippen LogP contribution in [0.4, 0.5) is 5.13 Å². The van der Waals surface area contributed by atoms with Gasteiger partial charge in [-0.25, -0.2) is 4.98 Å². The van der Waals surface area contributed by atoms with E-state index >= 15 is 0 Å². The number of Topliss-reactive ketones (excluding diaryl/α,β-unsaturated/α-hetero) is 1. The van der Waals surface area contributed by atoms with Crippen LogP contribution in [0, 0.1) is 12.8 Å². The molecule has 1 aliphatic carbocycles. The van der Waals surface area contributed by atoms with Gasteiger partial charge in [-0.1, -0.05) is 60.0 Å². The van der Waals surface area contributed by atoms with Crippen molar-refractivity contribution >= 4 is 33.9 Å². The van der Waals surface area contributed by atoms with Crippen molar-refractivity contribution in [2.24, 2.45) is 5.92 Å². The van der Waals surface area contributed by atoms with E-state index in [0.29, 0.717) is 17.2 Å². The van der Waals surface area contributed by atoms with E-state index in [0.717, 1.165) is 41.2 Å². The SMILES string of the molecule is Cc1ccc(-c2csc(NC(c3cccc(Cl)c3)C3CCCCC3=O)n2)cc1. The molecule has 1 saturated carbocycles. The van der Waals surface area contributed by atoms with Crippen LogP contribution in [0.3, 0.4) is 0 Å². The van der Waals surface area contributed by atoms with Crippen molar-refractivity contribution in [3.8, 4) is 11.3 Å². The highest BCUT2D eigenvalue weighted by Crippen LogP contribution is 2.37. The first kappa shape index (κ1) is 19.2. The van der Waals surface area contributed by atoms with Crippen molar-refractivity contribution in [1.82, 2.24) is 4.98 Å². The molecule has 2 unspecified atom stereocenters. The Morgan fingerprint density at radius 2 is 2.00 bits per heavy atom. The number of ketones is 1. The molecule has 1 heterocycles. The number of carbonyl (C=O) groups excluding carboxylic acids is 1. The number of aromatic nitrogens is 1. The van der Waals surface area contributed by atoms with Gasteiger partial charge in [0.25, 0.3) is 0 Å². The smallest absolute Gasteiger partial charge is 0.183 e. The third-order valence-corrected chi connectivity index (χ3v) is 6.35. The molecule has 3 aromatic rings. The number of anilines is 1. The summed E-state index contributed by atoms with van der Waals surface area (Å²) >= 11 is 7.81. The lowest BCUT2D eigenvalue weighted by molar-refractivity contribution is -0.125. The average Bonchev–Trinajstić information content (AvgIpc) is 3.16. The molecular weight excluding hydrogens is 388 g/mol. The molecule has 5 heteroatoms. The zero-order valence-electron chi connectivity index (χ0n) is 15.8. The topological polar surface area (TPSA) is 42.0 Å². The first-order valence-electron chi connectivity index (χ1n) is 9.67. The third-order valence-electron chi connectivity index (χ3n) is 5.34. The number of nitrogens with zero attached hydrogens (tertiary/aromatic N) is 1. The third kappa shape index (κ3) is 4.29. The summed E-state index contributed by atoms with van der Waals surface area (Å²) in [6, 6.07) is 16.1. The maximum absolute atomic E-state index is 12.7. The summed E-state index contributed by atoms with van der Waals surface area (Å²) in [4.78, 5) is 17.4. The van der Waals surface area contributed by atoms with Crippen molar-refractivity contribution in [2.75, 3.05) is 5.32 Å². The van der Waals surface area contributed by atoms with E-state index in [-0.39, 0.29) is 12.0 Å². The van der Waals surface area contributed by atoms with Crippen LogP contribution >= 0.6 is 22.9 Å². The maximum Gasteiger partial charge on any atom is 0.183 e. The highest BCUT2D eigenvalue weighted by Gasteiger charge is 2.32. The zero-order chi connectivity index (χ0) is 19.5. The van der Waals surface area contributed by atoms with Crippen molar-refractivity contribution in [3.05, 3.63) is 70.1 Å². The fraction of sp³-hybridized carbons (Fsp3) is 0.304. The largest absolute Gasteiger partial charge is 0.354 e. The molecule has 1 N–H and O–H groups in total. The van der Waals surface area contributed by atoms with Crippen LogP contribution in [0.1, 0.15) is 42.9 Å². The maximum atomic E-state index is 12.7. The van der Waals surface area contributed by atoms with E-state index in [1.54, 1.807) is 11.3 Å². The van der Waals surface area contributed by atoms with Gasteiger partial charge in [0.1, 0.15) is 5.78 Å². The van der Waals surface area contributed by atoms with Crippen LogP contribution in [0.15, 0.2) is 53.9 Å². The van der Waals surface area contributed by atoms with Crippen LogP contribution in [0.5, 0.6) is 0 Å². The van der Waals surface area contributed by atoms with Gasteiger partial charge in [-0.3, -0.25) is 4.79 Å². The molecule has 144 valence electrons. The summed E-state index contributed by atoms with van der Waals surface area (Å²) < 4.78 is 0. The Bertz CT molecular complexity index is 967. The molecule has 0 spiro atoms. The standard InChI is InChI=1S/C23H23ClN2OS/c1-15-9-11-16(12-10-15)20-14-28-23(25-20)26-22(17-5-4-6-18(24)13-17)19-7-2-3-8-21(19)27/h4-6,9-14,19,22H,2-3,7-8H2,1H3,(H,25,26). The molecule has 0 aliphatic heterocycles. The molecule has 4 rings (SSSR count). The number of aryl methyl sites for hydroxylation is 1. The normalized spacial score (nSPS) is 18.1. The summed E-state index contributed by atoms with van der Waals surface area (Å²) in [5, 5.41) is 7.13. The van der Waals surface area contributed by atoms with Gasteiger partial charge < -0.3 is 5.32 Å². The van der Waals surface area contributed by atoms with Crippen LogP contribution in [0.25, 0.3) is 11.3 Å². The molecule has 0 saturated heterocycles. The zero-order valence-corrected chi connectivity index (χ0v) is 17.4. The van der Waals surface area contributed by atoms with Crippen LogP contribution in [-0.4, -0.2) is 10.8 Å². The molecule has 2 atom stereocenters. The van der Waals surface area contributed by atoms with Crippen molar-refractivity contribution < 1.29 is 4.79 Å². The lowest BCUT2D eigenvalue weighted by Gasteiger charge is -2.30. The van der Waals surface area contributed by atoms with Crippen molar-refractivity contribution in [2.45, 2.75) is 38.6 Å². The number of halogens is 1. The number of hydrogen-bond donors (Lipinski definition) is 1. The predicted octanol–water partition coefficient (Wildman–Crippen LogP) is 6.68. The van der Waals surface area contributed by atoms with Gasteiger partial charge in [0.05, 0.1) is 11.7 Å². The Morgan fingerprint density at radius 1 is 1.18 bits per heavy atom. The van der Waals surface area contributed by atoms with Crippen molar-refractivity contribution in [1.29, 1.82) is 0 Å². The molecular formula is C23H23ClN2OS. The van der Waals surface area contributed by atoms with Gasteiger partial charge >= 0.3 is 0 Å². The van der Waals surface area contributed by atoms with Gasteiger partial charge in [-0.05, 0) is 37.5 Å². The lowest BCUT2D eigenvalue weighted by atomic mass is 9.80. The number of nitrogens with one attached hydrogen (secondary N) is 1. The van der Waals surface area contributed by atoms with E-state index in [4.69, 9.17) is 16.6 Å². The molecule has 1 aromatic heterocycles. The lowest BCUT2D eigenvalue weighted by Crippen LogP contribution is -2.30. The minimum atomic E-state index is -0.108. The molecule has 28 heavy (non-hydrogen) atoms. The second-order valence-corrected chi connectivity index (χ2v) is 8.69. The molecule has 1 fully saturated rings. The molecule has 0 amide bonds. The van der Waals surface area contributed by atoms with E-state index < -0.39 is 0 Å². The number of hydrogen-bond acceptors (Lipinski definition) is 4. The first-order valence-corrected chi connectivity index (χ1v) is 10.9. The summed E-state index contributed by atoms with van der Waals surface area (Å²) in [6.07, 6.45) is 3.64. The summed E-state index contributed by atoms with van der Waals surface area (Å²) in [5.74, 6) is 0.290. The molecule has 0 radical (unpaired) electrons. The molecule has 0 bridgehead atoms. The minimum Gasteiger partial charge on any atom is -0.354 e. The number of rotatable bonds is 5. The molecule has 1 aliphatic rings. The van der Waals surface area contributed by atoms with E-state index in [1.807, 2.05) is 24.3 Å². The Kier molecular flexibility index (Phi) is 5.79. The van der Waals surface area contributed by atoms with Gasteiger partial charge in [-0.15, -0.1) is 11.3 Å². The van der Waals surface area contributed by atoms with Gasteiger partial charge in [0.2, 0.25) is 0 Å². The monoisotopic (exact) mass is 410 g/mol. The van der Waals surface area contributed by atoms with E-state index in [9.17, 15) is 4.79 Å². The summed E-state index contributed by atoms with van der Waals surface area (Å²) in [7, 11) is 0. The number of carbonyl (C=O) groups is 1. The van der Waals surface area contributed by atoms with Crippen molar-refractivity contribution in [3.63, 3.8) is 0 Å². The van der Waals surface area contributed by atoms with Gasteiger partial charge in [0.15, 0.2) is 5.13 Å². The Labute approximate surface area is 174 Å². The Morgan fingerprint density at radius 3 is 2.75 bits per heavy atom. The first-order chi connectivity index (χ1) is 13.6. The quantitative estimate of drug-likeness (QED) is 0.509. The minimum absolute atomic E-state index is 0.0426. The highest BCUT2D eigenvalue weighted by molar-refractivity contribution is 7.14. The van der Waals surface area contributed by atoms with Gasteiger partial charge in [-0.2, -0.15) is 0 Å². The van der Waals surface area contributed by atoms with Crippen LogP contribution < -0.4 is 5.32 Å². The summed E-state index contributed by atoms with van der Waals surface area (Å²) in [5.41, 5.74) is 4.32. The second-order valence-electron chi connectivity index (χ2n) is 7.40. The van der Waals surface area contributed by atoms with Crippen LogP contribution in [0.2, 0.25) is 5.02 Å². The summed E-state index contributed by atoms with van der Waals surface area (Å²) in [6.45, 7) is 2.08. The highest BCUT2D eigenvalue weighted by atomic mass is 35.5. The molecule has 2 aromatic carbocycles. The predicted molar refractivity (Wildman–Crippen MR) is 117 cm³/mol. The Balaban J connectivity index is 1.62. The number of benzene rings is 2. The van der Waals surface area contributed by atoms with Gasteiger partial charge in [0, 0.05) is 28.3 Å². The molecule has 3 nitrogen and oxygen atoms in total.